The van der Waals surface area contributed by atoms with Crippen LogP contribution in [0.1, 0.15) is 168 Å². The Morgan fingerprint density at radius 3 is 1.29 bits per heavy atom. The van der Waals surface area contributed by atoms with Gasteiger partial charge in [-0.3, -0.25) is 14.2 Å². The quantitative estimate of drug-likeness (QED) is 0.0195. The maximum Gasteiger partial charge on any atom is 0.309 e. The molecule has 2 unspecified atom stereocenters. The summed E-state index contributed by atoms with van der Waals surface area (Å²) in [6.07, 6.45) is 65.5. The van der Waals surface area contributed by atoms with E-state index in [4.69, 9.17) is 18.5 Å². The molecule has 0 aliphatic carbocycles. The fraction of sp³-hybridized carbons (Fsp3) is 0.607. The molecule has 0 aliphatic heterocycles. The summed E-state index contributed by atoms with van der Waals surface area (Å²) in [5.41, 5.74) is 0. The molecule has 10 heteroatoms. The summed E-state index contributed by atoms with van der Waals surface area (Å²) in [7, 11) is 1.10. The van der Waals surface area contributed by atoms with E-state index < -0.39 is 32.5 Å². The number of esters is 2. The predicted molar refractivity (Wildman–Crippen MR) is 277 cm³/mol. The van der Waals surface area contributed by atoms with Gasteiger partial charge in [0, 0.05) is 6.42 Å². The maximum atomic E-state index is 12.7. The van der Waals surface area contributed by atoms with Crippen molar-refractivity contribution in [2.24, 2.45) is 0 Å². The summed E-state index contributed by atoms with van der Waals surface area (Å²) in [6, 6.07) is 0. The molecule has 0 bridgehead atoms. The number of hydrogen-bond acceptors (Lipinski definition) is 8. The summed E-state index contributed by atoms with van der Waals surface area (Å²) in [6.45, 7) is 3.86. The summed E-state index contributed by atoms with van der Waals surface area (Å²) in [5, 5.41) is 0. The van der Waals surface area contributed by atoms with Gasteiger partial charge in [0.1, 0.15) is 19.8 Å². The van der Waals surface area contributed by atoms with Gasteiger partial charge in [0.15, 0.2) is 6.10 Å². The standard InChI is InChI=1S/C56H92NO8P/c1-6-8-10-12-14-16-18-20-22-23-24-25-26-27-28-29-30-31-32-33-35-37-39-41-43-45-47-49-56(59)65-54(53-64-66(60,61)63-51-50-57(3,4)5)52-62-55(58)48-46-44-42-40-38-36-34-21-19-17-15-13-11-9-7-2/h8-11,14-17,20-22,24-25,27-28,34,38,40,44,46,54H,6-7,12-13,18-19,23,26,29-33,35-37,39,41-43,45,47-53H2,1-5H3/b10-8-,11-9-,16-14-,17-15-,22-20-,25-24-,28-27-,34-21-,40-38-,46-44-. The molecule has 2 atom stereocenters. The first kappa shape index (κ1) is 62.4. The number of hydrogen-bond donors (Lipinski definition) is 0. The first-order valence-corrected chi connectivity index (χ1v) is 26.7. The minimum atomic E-state index is -4.66. The third kappa shape index (κ3) is 49.8. The molecular formula is C56H92NO8P. The molecule has 0 aromatic carbocycles. The molecule has 66 heavy (non-hydrogen) atoms. The van der Waals surface area contributed by atoms with Crippen LogP contribution in [-0.2, 0) is 32.7 Å². The second-order valence-electron chi connectivity index (χ2n) is 17.4. The minimum Gasteiger partial charge on any atom is -0.756 e. The summed E-state index contributed by atoms with van der Waals surface area (Å²) >= 11 is 0. The van der Waals surface area contributed by atoms with Gasteiger partial charge in [-0.2, -0.15) is 0 Å². The highest BCUT2D eigenvalue weighted by Crippen LogP contribution is 2.38. The Kier molecular flexibility index (Phi) is 44.0. The number of likely N-dealkylation sites (N-methyl/N-ethyl adjacent to an activating group) is 1. The lowest BCUT2D eigenvalue weighted by Gasteiger charge is -2.28. The monoisotopic (exact) mass is 938 g/mol. The van der Waals surface area contributed by atoms with Crippen LogP contribution >= 0.6 is 7.82 Å². The molecule has 0 spiro atoms. The lowest BCUT2D eigenvalue weighted by Crippen LogP contribution is -2.37. The van der Waals surface area contributed by atoms with Crippen LogP contribution in [0.3, 0.4) is 0 Å². The fourth-order valence-electron chi connectivity index (χ4n) is 6.17. The van der Waals surface area contributed by atoms with Crippen LogP contribution in [-0.4, -0.2) is 70.0 Å². The van der Waals surface area contributed by atoms with Crippen molar-refractivity contribution in [3.63, 3.8) is 0 Å². The molecule has 374 valence electrons. The van der Waals surface area contributed by atoms with E-state index in [0.717, 1.165) is 83.5 Å². The Balaban J connectivity index is 4.32. The number of allylic oxidation sites excluding steroid dienone is 19. The van der Waals surface area contributed by atoms with Gasteiger partial charge < -0.3 is 27.9 Å². The Morgan fingerprint density at radius 1 is 0.485 bits per heavy atom. The Hall–Kier alpha value is -3.59. The average molecular weight is 938 g/mol. The second-order valence-corrected chi connectivity index (χ2v) is 18.8. The molecule has 0 aromatic heterocycles. The van der Waals surface area contributed by atoms with E-state index in [1.54, 1.807) is 6.08 Å². The minimum absolute atomic E-state index is 0.0374. The fourth-order valence-corrected chi connectivity index (χ4v) is 6.89. The van der Waals surface area contributed by atoms with Crippen molar-refractivity contribution in [1.29, 1.82) is 0 Å². The molecule has 0 radical (unpaired) electrons. The highest BCUT2D eigenvalue weighted by molar-refractivity contribution is 7.45. The lowest BCUT2D eigenvalue weighted by atomic mass is 10.0. The molecule has 0 fully saturated rings. The zero-order valence-electron chi connectivity index (χ0n) is 42.1. The molecule has 0 rings (SSSR count). The van der Waals surface area contributed by atoms with Gasteiger partial charge in [-0.15, -0.1) is 0 Å². The van der Waals surface area contributed by atoms with E-state index >= 15 is 0 Å². The average Bonchev–Trinajstić information content (AvgIpc) is 3.27. The lowest BCUT2D eigenvalue weighted by molar-refractivity contribution is -0.870. The van der Waals surface area contributed by atoms with E-state index in [1.807, 2.05) is 33.3 Å². The van der Waals surface area contributed by atoms with Crippen LogP contribution in [0, 0.1) is 0 Å². The first-order valence-electron chi connectivity index (χ1n) is 25.2. The maximum absolute atomic E-state index is 12.7. The Morgan fingerprint density at radius 2 is 0.864 bits per heavy atom. The van der Waals surface area contributed by atoms with Crippen LogP contribution in [0.5, 0.6) is 0 Å². The van der Waals surface area contributed by atoms with E-state index in [0.29, 0.717) is 23.9 Å². The van der Waals surface area contributed by atoms with Crippen molar-refractivity contribution in [3.05, 3.63) is 122 Å². The number of carbonyl (C=O) groups is 2. The summed E-state index contributed by atoms with van der Waals surface area (Å²) in [5.74, 6) is -0.996. The van der Waals surface area contributed by atoms with E-state index in [2.05, 4.69) is 117 Å². The van der Waals surface area contributed by atoms with Crippen molar-refractivity contribution in [3.8, 4) is 0 Å². The van der Waals surface area contributed by atoms with Crippen LogP contribution < -0.4 is 4.89 Å². The number of carbonyl (C=O) groups excluding carboxylic acids is 2. The molecular weight excluding hydrogens is 846 g/mol. The van der Waals surface area contributed by atoms with Gasteiger partial charge >= 0.3 is 11.9 Å². The largest absolute Gasteiger partial charge is 0.756 e. The van der Waals surface area contributed by atoms with Crippen molar-refractivity contribution in [2.45, 2.75) is 174 Å². The molecule has 0 amide bonds. The van der Waals surface area contributed by atoms with Crippen molar-refractivity contribution in [2.75, 3.05) is 47.5 Å². The molecule has 0 saturated heterocycles. The zero-order valence-corrected chi connectivity index (χ0v) is 43.0. The van der Waals surface area contributed by atoms with E-state index in [-0.39, 0.29) is 26.1 Å². The smallest absolute Gasteiger partial charge is 0.309 e. The molecule has 9 nitrogen and oxygen atoms in total. The predicted octanol–water partition coefficient (Wildman–Crippen LogP) is 14.6. The molecule has 0 N–H and O–H groups in total. The SMILES string of the molecule is CC/C=C\C/C=C\C/C=C\C/C=C\C/C=C\CCCCCCCCCCCCCC(=O)OC(COC(=O)C/C=C\C/C=C\C/C=C\C/C=C\C/C=C\CC)COP(=O)([O-])OCC[N+](C)(C)C. The highest BCUT2D eigenvalue weighted by Gasteiger charge is 2.21. The Bertz CT molecular complexity index is 1530. The number of unbranched alkanes of at least 4 members (excludes halogenated alkanes) is 11. The number of phosphoric ester groups is 1. The zero-order chi connectivity index (χ0) is 48.5. The third-order valence-corrected chi connectivity index (χ3v) is 11.0. The van der Waals surface area contributed by atoms with Crippen molar-refractivity contribution >= 4 is 19.8 Å². The highest BCUT2D eigenvalue weighted by atomic mass is 31.2. The van der Waals surface area contributed by atoms with Gasteiger partial charge in [-0.25, -0.2) is 0 Å². The molecule has 0 saturated carbocycles. The number of phosphoric acid groups is 1. The van der Waals surface area contributed by atoms with Crippen molar-refractivity contribution < 1.29 is 42.1 Å². The summed E-state index contributed by atoms with van der Waals surface area (Å²) in [4.78, 5) is 37.6. The van der Waals surface area contributed by atoms with Gasteiger partial charge in [0.05, 0.1) is 34.2 Å². The second kappa shape index (κ2) is 46.5. The number of quaternary nitrogens is 1. The van der Waals surface area contributed by atoms with Gasteiger partial charge in [-0.05, 0) is 83.5 Å². The summed E-state index contributed by atoms with van der Waals surface area (Å²) < 4.78 is 33.9. The Labute approximate surface area is 403 Å². The molecule has 0 heterocycles. The van der Waals surface area contributed by atoms with Gasteiger partial charge in [0.25, 0.3) is 7.82 Å². The van der Waals surface area contributed by atoms with E-state index in [1.165, 1.54) is 44.9 Å². The topological polar surface area (TPSA) is 111 Å². The number of nitrogens with zero attached hydrogens (tertiary/aromatic N) is 1. The van der Waals surface area contributed by atoms with Crippen LogP contribution in [0.4, 0.5) is 0 Å². The van der Waals surface area contributed by atoms with E-state index in [9.17, 15) is 19.0 Å². The first-order chi connectivity index (χ1) is 32.0. The van der Waals surface area contributed by atoms with Crippen LogP contribution in [0.2, 0.25) is 0 Å². The number of ether oxygens (including phenoxy) is 2. The van der Waals surface area contributed by atoms with Crippen molar-refractivity contribution in [1.82, 2.24) is 0 Å². The molecule has 0 aliphatic rings. The van der Waals surface area contributed by atoms with Gasteiger partial charge in [-0.1, -0.05) is 193 Å². The normalized spacial score (nSPS) is 14.5. The third-order valence-electron chi connectivity index (χ3n) is 10.0. The van der Waals surface area contributed by atoms with Crippen LogP contribution in [0.15, 0.2) is 122 Å². The van der Waals surface area contributed by atoms with Gasteiger partial charge in [0.2, 0.25) is 0 Å². The number of rotatable bonds is 44. The van der Waals surface area contributed by atoms with Crippen LogP contribution in [0.25, 0.3) is 0 Å². The molecule has 0 aromatic rings.